The molecule has 0 bridgehead atoms. The molecule has 2 heteroatoms. The standard InChI is InChI=1S/C11H20O2/c1-6-13-11(9(4)5)10(12)7-8(2)3/h7,9,11H,6H2,1-5H3. The van der Waals surface area contributed by atoms with Crippen molar-refractivity contribution in [1.82, 2.24) is 0 Å². The van der Waals surface area contributed by atoms with Crippen molar-refractivity contribution in [2.24, 2.45) is 5.92 Å². The van der Waals surface area contributed by atoms with E-state index in [9.17, 15) is 4.79 Å². The van der Waals surface area contributed by atoms with Gasteiger partial charge in [-0.2, -0.15) is 0 Å². The molecule has 0 radical (unpaired) electrons. The lowest BCUT2D eigenvalue weighted by atomic mass is 10.0. The molecule has 0 rings (SSSR count). The maximum Gasteiger partial charge on any atom is 0.184 e. The van der Waals surface area contributed by atoms with Crippen molar-refractivity contribution in [1.29, 1.82) is 0 Å². The van der Waals surface area contributed by atoms with Gasteiger partial charge in [0.2, 0.25) is 0 Å². The van der Waals surface area contributed by atoms with Gasteiger partial charge in [-0.25, -0.2) is 0 Å². The summed E-state index contributed by atoms with van der Waals surface area (Å²) in [4.78, 5) is 11.6. The fourth-order valence-corrected chi connectivity index (χ4v) is 1.15. The van der Waals surface area contributed by atoms with E-state index in [0.29, 0.717) is 6.61 Å². The largest absolute Gasteiger partial charge is 0.370 e. The lowest BCUT2D eigenvalue weighted by molar-refractivity contribution is -0.128. The smallest absolute Gasteiger partial charge is 0.184 e. The maximum absolute atomic E-state index is 11.6. The second kappa shape index (κ2) is 5.92. The summed E-state index contributed by atoms with van der Waals surface area (Å²) in [5.41, 5.74) is 1.02. The molecule has 0 spiro atoms. The van der Waals surface area contributed by atoms with E-state index in [1.807, 2.05) is 34.6 Å². The van der Waals surface area contributed by atoms with Crippen LogP contribution in [-0.2, 0) is 9.53 Å². The molecule has 0 fully saturated rings. The molecule has 1 atom stereocenters. The first-order chi connectivity index (χ1) is 5.99. The van der Waals surface area contributed by atoms with Gasteiger partial charge < -0.3 is 4.74 Å². The van der Waals surface area contributed by atoms with E-state index in [-0.39, 0.29) is 17.8 Å². The third kappa shape index (κ3) is 4.83. The molecule has 13 heavy (non-hydrogen) atoms. The first-order valence-electron chi connectivity index (χ1n) is 4.79. The Morgan fingerprint density at radius 2 is 1.92 bits per heavy atom. The van der Waals surface area contributed by atoms with Gasteiger partial charge in [-0.3, -0.25) is 4.79 Å². The number of hydrogen-bond acceptors (Lipinski definition) is 2. The predicted molar refractivity (Wildman–Crippen MR) is 54.7 cm³/mol. The van der Waals surface area contributed by atoms with Crippen molar-refractivity contribution in [3.63, 3.8) is 0 Å². The number of ether oxygens (including phenoxy) is 1. The van der Waals surface area contributed by atoms with Crippen LogP contribution in [0.25, 0.3) is 0 Å². The SMILES string of the molecule is CCOC(C(=O)C=C(C)C)C(C)C. The van der Waals surface area contributed by atoms with Crippen LogP contribution in [-0.4, -0.2) is 18.5 Å². The number of hydrogen-bond donors (Lipinski definition) is 0. The zero-order chi connectivity index (χ0) is 10.4. The number of carbonyl (C=O) groups is 1. The molecule has 0 aromatic rings. The Morgan fingerprint density at radius 1 is 1.38 bits per heavy atom. The highest BCUT2D eigenvalue weighted by atomic mass is 16.5. The van der Waals surface area contributed by atoms with Crippen LogP contribution in [0.2, 0.25) is 0 Å². The van der Waals surface area contributed by atoms with Crippen molar-refractivity contribution >= 4 is 5.78 Å². The lowest BCUT2D eigenvalue weighted by Crippen LogP contribution is -2.28. The van der Waals surface area contributed by atoms with E-state index in [2.05, 4.69) is 0 Å². The third-order valence-corrected chi connectivity index (χ3v) is 1.66. The number of ketones is 1. The minimum absolute atomic E-state index is 0.0804. The topological polar surface area (TPSA) is 26.3 Å². The number of carbonyl (C=O) groups excluding carboxylic acids is 1. The molecule has 0 N–H and O–H groups in total. The normalized spacial score (nSPS) is 12.8. The monoisotopic (exact) mass is 184 g/mol. The van der Waals surface area contributed by atoms with Gasteiger partial charge in [0, 0.05) is 6.61 Å². The zero-order valence-electron chi connectivity index (χ0n) is 9.26. The zero-order valence-corrected chi connectivity index (χ0v) is 9.26. The summed E-state index contributed by atoms with van der Waals surface area (Å²) in [6.07, 6.45) is 1.38. The van der Waals surface area contributed by atoms with Crippen LogP contribution >= 0.6 is 0 Å². The third-order valence-electron chi connectivity index (χ3n) is 1.66. The second-order valence-electron chi connectivity index (χ2n) is 3.74. The molecule has 0 aromatic heterocycles. The molecule has 1 unspecified atom stereocenters. The Hall–Kier alpha value is -0.630. The van der Waals surface area contributed by atoms with Crippen molar-refractivity contribution in [2.75, 3.05) is 6.61 Å². The Kier molecular flexibility index (Phi) is 5.63. The Balaban J connectivity index is 4.37. The van der Waals surface area contributed by atoms with Gasteiger partial charge in [-0.15, -0.1) is 0 Å². The Labute approximate surface area is 81.0 Å². The average Bonchev–Trinajstić information content (AvgIpc) is 1.97. The molecule has 2 nitrogen and oxygen atoms in total. The summed E-state index contributed by atoms with van der Waals surface area (Å²) in [5, 5.41) is 0. The minimum Gasteiger partial charge on any atom is -0.370 e. The Bertz CT molecular complexity index is 188. The van der Waals surface area contributed by atoms with E-state index in [4.69, 9.17) is 4.74 Å². The molecule has 0 aromatic carbocycles. The van der Waals surface area contributed by atoms with Gasteiger partial charge in [0.15, 0.2) is 5.78 Å². The molecule has 0 saturated heterocycles. The van der Waals surface area contributed by atoms with Gasteiger partial charge in [-0.05, 0) is 32.8 Å². The molecule has 0 aliphatic heterocycles. The molecule has 0 aliphatic carbocycles. The highest BCUT2D eigenvalue weighted by Gasteiger charge is 2.19. The molecule has 0 heterocycles. The van der Waals surface area contributed by atoms with Crippen LogP contribution in [0, 0.1) is 5.92 Å². The second-order valence-corrected chi connectivity index (χ2v) is 3.74. The summed E-state index contributed by atoms with van der Waals surface area (Å²) in [6.45, 7) is 10.3. The summed E-state index contributed by atoms with van der Waals surface area (Å²) >= 11 is 0. The quantitative estimate of drug-likeness (QED) is 0.614. The van der Waals surface area contributed by atoms with Gasteiger partial charge >= 0.3 is 0 Å². The van der Waals surface area contributed by atoms with Crippen molar-refractivity contribution < 1.29 is 9.53 Å². The van der Waals surface area contributed by atoms with Crippen molar-refractivity contribution in [2.45, 2.75) is 40.7 Å². The summed E-state index contributed by atoms with van der Waals surface area (Å²) < 4.78 is 5.37. The average molecular weight is 184 g/mol. The van der Waals surface area contributed by atoms with E-state index < -0.39 is 0 Å². The van der Waals surface area contributed by atoms with Crippen LogP contribution in [0.3, 0.4) is 0 Å². The van der Waals surface area contributed by atoms with Crippen LogP contribution in [0.5, 0.6) is 0 Å². The van der Waals surface area contributed by atoms with Crippen molar-refractivity contribution in [3.05, 3.63) is 11.6 Å². The molecule has 0 aliphatic rings. The van der Waals surface area contributed by atoms with E-state index in [1.54, 1.807) is 6.08 Å². The van der Waals surface area contributed by atoms with Crippen LogP contribution < -0.4 is 0 Å². The fraction of sp³-hybridized carbons (Fsp3) is 0.727. The van der Waals surface area contributed by atoms with Crippen LogP contribution in [0.1, 0.15) is 34.6 Å². The van der Waals surface area contributed by atoms with E-state index >= 15 is 0 Å². The first-order valence-corrected chi connectivity index (χ1v) is 4.79. The lowest BCUT2D eigenvalue weighted by Gasteiger charge is -2.17. The van der Waals surface area contributed by atoms with Crippen molar-refractivity contribution in [3.8, 4) is 0 Å². The number of rotatable bonds is 5. The van der Waals surface area contributed by atoms with E-state index in [0.717, 1.165) is 5.57 Å². The molecular formula is C11H20O2. The van der Waals surface area contributed by atoms with Crippen LogP contribution in [0.15, 0.2) is 11.6 Å². The summed E-state index contributed by atoms with van der Waals surface area (Å²) in [5.74, 6) is 0.319. The minimum atomic E-state index is -0.278. The molecule has 76 valence electrons. The maximum atomic E-state index is 11.6. The Morgan fingerprint density at radius 3 is 2.23 bits per heavy atom. The van der Waals surface area contributed by atoms with Gasteiger partial charge in [-0.1, -0.05) is 19.4 Å². The predicted octanol–water partition coefficient (Wildman–Crippen LogP) is 2.58. The molecule has 0 amide bonds. The van der Waals surface area contributed by atoms with Crippen LogP contribution in [0.4, 0.5) is 0 Å². The highest BCUT2D eigenvalue weighted by Crippen LogP contribution is 2.09. The summed E-state index contributed by atoms with van der Waals surface area (Å²) in [6, 6.07) is 0. The van der Waals surface area contributed by atoms with Gasteiger partial charge in [0.25, 0.3) is 0 Å². The van der Waals surface area contributed by atoms with Gasteiger partial charge in [0.1, 0.15) is 6.10 Å². The van der Waals surface area contributed by atoms with Gasteiger partial charge in [0.05, 0.1) is 0 Å². The van der Waals surface area contributed by atoms with E-state index in [1.165, 1.54) is 0 Å². The number of allylic oxidation sites excluding steroid dienone is 1. The molecule has 0 saturated carbocycles. The fourth-order valence-electron chi connectivity index (χ4n) is 1.15. The first kappa shape index (κ1) is 12.4. The highest BCUT2D eigenvalue weighted by molar-refractivity contribution is 5.94. The summed E-state index contributed by atoms with van der Waals surface area (Å²) in [7, 11) is 0. The molecular weight excluding hydrogens is 164 g/mol.